The van der Waals surface area contributed by atoms with Crippen molar-refractivity contribution < 1.29 is 9.53 Å². The molecule has 1 aromatic rings. The standard InChI is InChI=1S/C16H23NO2.ClH/c1-3-11-17-16(10-5-4-9-15(16)18)13-7-6-8-14(12-13)19-2;/h6-8,12,17H,3-5,9-11H2,1-2H3;1H. The molecule has 3 nitrogen and oxygen atoms in total. The maximum atomic E-state index is 12.5. The van der Waals surface area contributed by atoms with Crippen LogP contribution in [-0.4, -0.2) is 19.4 Å². The van der Waals surface area contributed by atoms with Crippen LogP contribution in [0.15, 0.2) is 24.3 Å². The van der Waals surface area contributed by atoms with Crippen LogP contribution in [0.25, 0.3) is 0 Å². The lowest BCUT2D eigenvalue weighted by Gasteiger charge is -2.37. The van der Waals surface area contributed by atoms with Crippen LogP contribution in [0.3, 0.4) is 0 Å². The van der Waals surface area contributed by atoms with Crippen molar-refractivity contribution in [3.63, 3.8) is 0 Å². The molecular formula is C16H24ClNO2. The van der Waals surface area contributed by atoms with Crippen molar-refractivity contribution in [3.8, 4) is 5.75 Å². The number of nitrogens with one attached hydrogen (secondary N) is 1. The fourth-order valence-corrected chi connectivity index (χ4v) is 2.85. The largest absolute Gasteiger partial charge is 0.497 e. The molecule has 0 saturated heterocycles. The quantitative estimate of drug-likeness (QED) is 0.904. The number of carbonyl (C=O) groups excluding carboxylic acids is 1. The summed E-state index contributed by atoms with van der Waals surface area (Å²) in [5, 5.41) is 3.50. The Hall–Kier alpha value is -1.06. The van der Waals surface area contributed by atoms with Crippen LogP contribution in [0.1, 0.15) is 44.6 Å². The number of methoxy groups -OCH3 is 1. The molecule has 1 atom stereocenters. The predicted molar refractivity (Wildman–Crippen MR) is 83.7 cm³/mol. The highest BCUT2D eigenvalue weighted by Gasteiger charge is 2.40. The molecule has 0 aromatic heterocycles. The van der Waals surface area contributed by atoms with E-state index in [4.69, 9.17) is 4.74 Å². The van der Waals surface area contributed by atoms with Crippen LogP contribution in [0.5, 0.6) is 5.75 Å². The van der Waals surface area contributed by atoms with E-state index in [2.05, 4.69) is 12.2 Å². The SMILES string of the molecule is CCCNC1(c2cccc(OC)c2)CCCCC1=O.Cl. The minimum absolute atomic E-state index is 0. The summed E-state index contributed by atoms with van der Waals surface area (Å²) in [6.07, 6.45) is 4.70. The molecule has 0 amide bonds. The molecule has 0 spiro atoms. The van der Waals surface area contributed by atoms with E-state index in [1.54, 1.807) is 7.11 Å². The van der Waals surface area contributed by atoms with Crippen molar-refractivity contribution in [2.75, 3.05) is 13.7 Å². The molecule has 0 heterocycles. The molecule has 1 unspecified atom stereocenters. The molecule has 0 bridgehead atoms. The molecular weight excluding hydrogens is 274 g/mol. The molecule has 0 aliphatic heterocycles. The molecule has 1 aliphatic rings. The van der Waals surface area contributed by atoms with Gasteiger partial charge in [-0.15, -0.1) is 12.4 Å². The topological polar surface area (TPSA) is 38.3 Å². The number of hydrogen-bond acceptors (Lipinski definition) is 3. The Kier molecular flexibility index (Phi) is 6.50. The minimum Gasteiger partial charge on any atom is -0.497 e. The number of ether oxygens (including phenoxy) is 1. The molecule has 20 heavy (non-hydrogen) atoms. The Bertz CT molecular complexity index is 450. The number of halogens is 1. The van der Waals surface area contributed by atoms with Gasteiger partial charge in [0.2, 0.25) is 0 Å². The third-order valence-electron chi connectivity index (χ3n) is 3.92. The van der Waals surface area contributed by atoms with E-state index in [9.17, 15) is 4.79 Å². The maximum Gasteiger partial charge on any atom is 0.157 e. The van der Waals surface area contributed by atoms with Gasteiger partial charge >= 0.3 is 0 Å². The van der Waals surface area contributed by atoms with Crippen LogP contribution in [-0.2, 0) is 10.3 Å². The molecule has 1 saturated carbocycles. The fourth-order valence-electron chi connectivity index (χ4n) is 2.85. The summed E-state index contributed by atoms with van der Waals surface area (Å²) in [4.78, 5) is 12.5. The lowest BCUT2D eigenvalue weighted by atomic mass is 9.75. The molecule has 112 valence electrons. The summed E-state index contributed by atoms with van der Waals surface area (Å²) < 4.78 is 5.29. The van der Waals surface area contributed by atoms with Crippen molar-refractivity contribution in [1.29, 1.82) is 0 Å². The van der Waals surface area contributed by atoms with Gasteiger partial charge in [-0.3, -0.25) is 4.79 Å². The summed E-state index contributed by atoms with van der Waals surface area (Å²) in [5.74, 6) is 1.13. The number of carbonyl (C=O) groups is 1. The first-order chi connectivity index (χ1) is 9.23. The number of Topliss-reactive ketones (excluding diaryl/α,β-unsaturated/α-hetero) is 1. The van der Waals surface area contributed by atoms with Gasteiger partial charge in [-0.1, -0.05) is 25.5 Å². The second-order valence-electron chi connectivity index (χ2n) is 5.19. The third kappa shape index (κ3) is 3.33. The van der Waals surface area contributed by atoms with Crippen molar-refractivity contribution in [2.24, 2.45) is 0 Å². The van der Waals surface area contributed by atoms with Gasteiger partial charge in [0.05, 0.1) is 7.11 Å². The predicted octanol–water partition coefficient (Wildman–Crippen LogP) is 3.46. The van der Waals surface area contributed by atoms with E-state index in [0.717, 1.165) is 43.5 Å². The average molecular weight is 298 g/mol. The van der Waals surface area contributed by atoms with Gasteiger partial charge in [0.15, 0.2) is 5.78 Å². The first-order valence-corrected chi connectivity index (χ1v) is 7.16. The van der Waals surface area contributed by atoms with E-state index in [-0.39, 0.29) is 12.4 Å². The highest BCUT2D eigenvalue weighted by molar-refractivity contribution is 5.90. The van der Waals surface area contributed by atoms with Gasteiger partial charge in [0, 0.05) is 6.42 Å². The molecule has 1 aliphatic carbocycles. The van der Waals surface area contributed by atoms with Gasteiger partial charge in [0.1, 0.15) is 11.3 Å². The second kappa shape index (κ2) is 7.65. The van der Waals surface area contributed by atoms with Crippen LogP contribution >= 0.6 is 12.4 Å². The monoisotopic (exact) mass is 297 g/mol. The highest BCUT2D eigenvalue weighted by atomic mass is 35.5. The second-order valence-corrected chi connectivity index (χ2v) is 5.19. The van der Waals surface area contributed by atoms with Crippen LogP contribution in [0, 0.1) is 0 Å². The Morgan fingerprint density at radius 3 is 2.80 bits per heavy atom. The van der Waals surface area contributed by atoms with Gasteiger partial charge in [-0.05, 0) is 43.5 Å². The third-order valence-corrected chi connectivity index (χ3v) is 3.92. The molecule has 1 aromatic carbocycles. The van der Waals surface area contributed by atoms with Crippen molar-refractivity contribution in [1.82, 2.24) is 5.32 Å². The lowest BCUT2D eigenvalue weighted by Crippen LogP contribution is -2.51. The van der Waals surface area contributed by atoms with Gasteiger partial charge in [-0.25, -0.2) is 0 Å². The summed E-state index contributed by atoms with van der Waals surface area (Å²) in [6.45, 7) is 2.99. The zero-order valence-corrected chi connectivity index (χ0v) is 13.1. The Morgan fingerprint density at radius 2 is 2.15 bits per heavy atom. The van der Waals surface area contributed by atoms with Gasteiger partial charge < -0.3 is 10.1 Å². The van der Waals surface area contributed by atoms with Crippen LogP contribution in [0.4, 0.5) is 0 Å². The van der Waals surface area contributed by atoms with E-state index in [1.807, 2.05) is 24.3 Å². The van der Waals surface area contributed by atoms with Crippen LogP contribution < -0.4 is 10.1 Å². The van der Waals surface area contributed by atoms with Crippen molar-refractivity contribution in [2.45, 2.75) is 44.6 Å². The van der Waals surface area contributed by atoms with Crippen molar-refractivity contribution >= 4 is 18.2 Å². The smallest absolute Gasteiger partial charge is 0.157 e. The van der Waals surface area contributed by atoms with Gasteiger partial charge in [0.25, 0.3) is 0 Å². The molecule has 1 fully saturated rings. The van der Waals surface area contributed by atoms with Crippen molar-refractivity contribution in [3.05, 3.63) is 29.8 Å². The first-order valence-electron chi connectivity index (χ1n) is 7.16. The normalized spacial score (nSPS) is 22.2. The lowest BCUT2D eigenvalue weighted by molar-refractivity contribution is -0.128. The zero-order chi connectivity index (χ0) is 13.7. The number of rotatable bonds is 5. The minimum atomic E-state index is -0.497. The molecule has 0 radical (unpaired) electrons. The zero-order valence-electron chi connectivity index (χ0n) is 12.3. The number of ketones is 1. The average Bonchev–Trinajstić information content (AvgIpc) is 2.47. The summed E-state index contributed by atoms with van der Waals surface area (Å²) in [6, 6.07) is 7.91. The summed E-state index contributed by atoms with van der Waals surface area (Å²) in [5.41, 5.74) is 0.549. The first kappa shape index (κ1) is 17.0. The Labute approximate surface area is 127 Å². The number of benzene rings is 1. The molecule has 2 rings (SSSR count). The molecule has 4 heteroatoms. The maximum absolute atomic E-state index is 12.5. The number of hydrogen-bond donors (Lipinski definition) is 1. The van der Waals surface area contributed by atoms with E-state index in [0.29, 0.717) is 12.2 Å². The Balaban J connectivity index is 0.00000200. The van der Waals surface area contributed by atoms with E-state index < -0.39 is 5.54 Å². The Morgan fingerprint density at radius 1 is 1.35 bits per heavy atom. The van der Waals surface area contributed by atoms with Gasteiger partial charge in [-0.2, -0.15) is 0 Å². The van der Waals surface area contributed by atoms with Crippen LogP contribution in [0.2, 0.25) is 0 Å². The molecule has 1 N–H and O–H groups in total. The summed E-state index contributed by atoms with van der Waals surface area (Å²) in [7, 11) is 1.66. The fraction of sp³-hybridized carbons (Fsp3) is 0.562. The van der Waals surface area contributed by atoms with E-state index >= 15 is 0 Å². The highest BCUT2D eigenvalue weighted by Crippen LogP contribution is 2.35. The summed E-state index contributed by atoms with van der Waals surface area (Å²) >= 11 is 0. The van der Waals surface area contributed by atoms with E-state index in [1.165, 1.54) is 0 Å².